The lowest BCUT2D eigenvalue weighted by molar-refractivity contribution is -0.121. The highest BCUT2D eigenvalue weighted by Gasteiger charge is 2.17. The summed E-state index contributed by atoms with van der Waals surface area (Å²) in [6, 6.07) is 7.88. The number of benzene rings is 1. The van der Waals surface area contributed by atoms with E-state index in [9.17, 15) is 9.18 Å². The predicted molar refractivity (Wildman–Crippen MR) is 94.8 cm³/mol. The van der Waals surface area contributed by atoms with Gasteiger partial charge in [0.2, 0.25) is 5.91 Å². The van der Waals surface area contributed by atoms with Crippen LogP contribution < -0.4 is 10.6 Å². The van der Waals surface area contributed by atoms with E-state index in [4.69, 9.17) is 0 Å². The maximum atomic E-state index is 13.0. The van der Waals surface area contributed by atoms with Crippen molar-refractivity contribution in [1.29, 1.82) is 0 Å². The molecule has 1 aromatic heterocycles. The maximum Gasteiger partial charge on any atom is 0.226 e. The summed E-state index contributed by atoms with van der Waals surface area (Å²) in [6.07, 6.45) is 1.98. The molecule has 0 unspecified atom stereocenters. The molecule has 0 radical (unpaired) electrons. The average Bonchev–Trinajstić information content (AvgIpc) is 2.98. The molecule has 1 aromatic carbocycles. The van der Waals surface area contributed by atoms with Crippen molar-refractivity contribution >= 4 is 11.7 Å². The van der Waals surface area contributed by atoms with E-state index < -0.39 is 0 Å². The van der Waals surface area contributed by atoms with E-state index in [0.717, 1.165) is 34.8 Å². The van der Waals surface area contributed by atoms with E-state index in [1.165, 1.54) is 12.1 Å². The highest BCUT2D eigenvalue weighted by molar-refractivity contribution is 6.01. The lowest BCUT2D eigenvalue weighted by Gasteiger charge is -2.14. The van der Waals surface area contributed by atoms with Crippen molar-refractivity contribution in [2.24, 2.45) is 4.99 Å². The number of carbonyl (C=O) groups is 1. The molecular weight excluding hydrogens is 319 g/mol. The van der Waals surface area contributed by atoms with E-state index in [1.807, 2.05) is 19.9 Å². The van der Waals surface area contributed by atoms with Gasteiger partial charge in [-0.3, -0.25) is 14.8 Å². The third-order valence-corrected chi connectivity index (χ3v) is 4.14. The summed E-state index contributed by atoms with van der Waals surface area (Å²) in [4.78, 5) is 21.1. The highest BCUT2D eigenvalue weighted by atomic mass is 19.1. The van der Waals surface area contributed by atoms with Gasteiger partial charge in [-0.25, -0.2) is 4.39 Å². The quantitative estimate of drug-likeness (QED) is 0.879. The second-order valence-corrected chi connectivity index (χ2v) is 6.05. The fourth-order valence-corrected chi connectivity index (χ4v) is 2.85. The van der Waals surface area contributed by atoms with Gasteiger partial charge in [-0.2, -0.15) is 0 Å². The van der Waals surface area contributed by atoms with Crippen molar-refractivity contribution in [1.82, 2.24) is 15.6 Å². The number of fused-ring (bicyclic) bond motifs is 1. The van der Waals surface area contributed by atoms with E-state index in [-0.39, 0.29) is 24.2 Å². The number of amidine groups is 1. The van der Waals surface area contributed by atoms with Crippen LogP contribution in [0.3, 0.4) is 0 Å². The van der Waals surface area contributed by atoms with Crippen molar-refractivity contribution in [2.45, 2.75) is 32.9 Å². The Morgan fingerprint density at radius 2 is 2.08 bits per heavy atom. The van der Waals surface area contributed by atoms with Crippen LogP contribution in [0.15, 0.2) is 41.5 Å². The van der Waals surface area contributed by atoms with Crippen LogP contribution in [0.2, 0.25) is 0 Å². The first-order valence-electron chi connectivity index (χ1n) is 8.38. The van der Waals surface area contributed by atoms with Crippen LogP contribution in [0.25, 0.3) is 0 Å². The SMILES string of the molecule is CCNC1=NCc2cc(CC(=O)N[C@H](C)c3ccc(F)cc3)ncc21. The normalized spacial score (nSPS) is 13.8. The Bertz CT molecular complexity index is 802. The molecular formula is C19H21FN4O. The topological polar surface area (TPSA) is 66.4 Å². The van der Waals surface area contributed by atoms with Gasteiger partial charge in [0, 0.05) is 18.3 Å². The van der Waals surface area contributed by atoms with E-state index in [0.29, 0.717) is 6.54 Å². The third kappa shape index (κ3) is 4.02. The minimum absolute atomic E-state index is 0.116. The summed E-state index contributed by atoms with van der Waals surface area (Å²) < 4.78 is 13.0. The van der Waals surface area contributed by atoms with E-state index >= 15 is 0 Å². The zero-order chi connectivity index (χ0) is 17.8. The summed E-state index contributed by atoms with van der Waals surface area (Å²) in [6.45, 7) is 5.32. The van der Waals surface area contributed by atoms with Crippen LogP contribution in [0.4, 0.5) is 4.39 Å². The molecule has 0 fully saturated rings. The number of hydrogen-bond donors (Lipinski definition) is 2. The van der Waals surface area contributed by atoms with Gasteiger partial charge in [0.25, 0.3) is 0 Å². The number of pyridine rings is 1. The summed E-state index contributed by atoms with van der Waals surface area (Å²) >= 11 is 0. The van der Waals surface area contributed by atoms with Gasteiger partial charge in [0.1, 0.15) is 11.7 Å². The summed E-state index contributed by atoms with van der Waals surface area (Å²) in [7, 11) is 0. The summed E-state index contributed by atoms with van der Waals surface area (Å²) in [5.41, 5.74) is 3.67. The number of aromatic nitrogens is 1. The average molecular weight is 340 g/mol. The van der Waals surface area contributed by atoms with Gasteiger partial charge in [0.05, 0.1) is 24.7 Å². The molecule has 2 heterocycles. The second kappa shape index (κ2) is 7.42. The molecule has 1 atom stereocenters. The molecule has 0 spiro atoms. The fourth-order valence-electron chi connectivity index (χ4n) is 2.85. The van der Waals surface area contributed by atoms with Gasteiger partial charge in [0.15, 0.2) is 0 Å². The lowest BCUT2D eigenvalue weighted by Crippen LogP contribution is -2.28. The standard InChI is InChI=1S/C19H21FN4O/c1-3-21-19-17-11-22-16(8-14(17)10-23-19)9-18(25)24-12(2)13-4-6-15(20)7-5-13/h4-8,11-12H,3,9-10H2,1-2H3,(H,21,23)(H,24,25)/t12-/m1/s1. The number of nitrogens with zero attached hydrogens (tertiary/aromatic N) is 2. The lowest BCUT2D eigenvalue weighted by atomic mass is 10.1. The highest BCUT2D eigenvalue weighted by Crippen LogP contribution is 2.18. The first kappa shape index (κ1) is 17.1. The van der Waals surface area contributed by atoms with Crippen LogP contribution in [0, 0.1) is 5.82 Å². The second-order valence-electron chi connectivity index (χ2n) is 6.05. The van der Waals surface area contributed by atoms with Crippen LogP contribution in [0.1, 0.15) is 42.3 Å². The van der Waals surface area contributed by atoms with Crippen LogP contribution in [-0.4, -0.2) is 23.3 Å². The van der Waals surface area contributed by atoms with Crippen LogP contribution >= 0.6 is 0 Å². The largest absolute Gasteiger partial charge is 0.370 e. The van der Waals surface area contributed by atoms with Crippen LogP contribution in [-0.2, 0) is 17.8 Å². The van der Waals surface area contributed by atoms with Gasteiger partial charge in [-0.1, -0.05) is 12.1 Å². The molecule has 6 heteroatoms. The van der Waals surface area contributed by atoms with Gasteiger partial charge in [-0.05, 0) is 43.2 Å². The Hall–Kier alpha value is -2.76. The number of amides is 1. The number of hydrogen-bond acceptors (Lipinski definition) is 4. The Labute approximate surface area is 146 Å². The molecule has 0 saturated carbocycles. The van der Waals surface area contributed by atoms with Crippen molar-refractivity contribution in [2.75, 3.05) is 6.54 Å². The smallest absolute Gasteiger partial charge is 0.226 e. The molecule has 1 amide bonds. The molecule has 0 saturated heterocycles. The molecule has 2 N–H and O–H groups in total. The zero-order valence-electron chi connectivity index (χ0n) is 14.3. The van der Waals surface area contributed by atoms with Gasteiger partial charge in [-0.15, -0.1) is 0 Å². The Balaban J connectivity index is 1.61. The van der Waals surface area contributed by atoms with E-state index in [2.05, 4.69) is 20.6 Å². The Morgan fingerprint density at radius 3 is 2.80 bits per heavy atom. The van der Waals surface area contributed by atoms with Gasteiger partial charge >= 0.3 is 0 Å². The van der Waals surface area contributed by atoms with E-state index in [1.54, 1.807) is 18.3 Å². The monoisotopic (exact) mass is 340 g/mol. The van der Waals surface area contributed by atoms with Crippen LogP contribution in [0.5, 0.6) is 0 Å². The number of rotatable bonds is 5. The minimum Gasteiger partial charge on any atom is -0.370 e. The fraction of sp³-hybridized carbons (Fsp3) is 0.316. The number of halogens is 1. The maximum absolute atomic E-state index is 13.0. The number of nitrogens with one attached hydrogen (secondary N) is 2. The molecule has 2 aromatic rings. The molecule has 0 bridgehead atoms. The molecule has 1 aliphatic heterocycles. The Morgan fingerprint density at radius 1 is 1.32 bits per heavy atom. The van der Waals surface area contributed by atoms with Crippen molar-refractivity contribution in [3.63, 3.8) is 0 Å². The molecule has 0 aliphatic carbocycles. The zero-order valence-corrected chi connectivity index (χ0v) is 14.3. The van der Waals surface area contributed by atoms with Gasteiger partial charge < -0.3 is 10.6 Å². The minimum atomic E-state index is -0.288. The molecule has 25 heavy (non-hydrogen) atoms. The molecule has 5 nitrogen and oxygen atoms in total. The first-order chi connectivity index (χ1) is 12.1. The molecule has 1 aliphatic rings. The predicted octanol–water partition coefficient (Wildman–Crippen LogP) is 2.51. The summed E-state index contributed by atoms with van der Waals surface area (Å²) in [5.74, 6) is 0.463. The van der Waals surface area contributed by atoms with Crippen molar-refractivity contribution < 1.29 is 9.18 Å². The first-order valence-corrected chi connectivity index (χ1v) is 8.38. The molecule has 130 valence electrons. The molecule has 3 rings (SSSR count). The van der Waals surface area contributed by atoms with Crippen molar-refractivity contribution in [3.8, 4) is 0 Å². The van der Waals surface area contributed by atoms with Crippen molar-refractivity contribution in [3.05, 3.63) is 64.7 Å². The third-order valence-electron chi connectivity index (χ3n) is 4.14. The summed E-state index contributed by atoms with van der Waals surface area (Å²) in [5, 5.41) is 6.13. The number of aliphatic imine (C=N–C) groups is 1. The number of carbonyl (C=O) groups excluding carboxylic acids is 1. The Kier molecular flexibility index (Phi) is 5.07.